The maximum absolute atomic E-state index is 12.3. The third-order valence-corrected chi connectivity index (χ3v) is 4.22. The van der Waals surface area contributed by atoms with Crippen LogP contribution in [0, 0.1) is 0 Å². The molecule has 3 atom stereocenters. The molecule has 0 radical (unpaired) electrons. The maximum atomic E-state index is 12.3. The summed E-state index contributed by atoms with van der Waals surface area (Å²) in [5.41, 5.74) is 3.74. The molecule has 1 unspecified atom stereocenters. The van der Waals surface area contributed by atoms with Crippen LogP contribution in [0.15, 0.2) is 21.9 Å². The van der Waals surface area contributed by atoms with Crippen LogP contribution in [-0.2, 0) is 28.6 Å². The molecule has 0 spiro atoms. The van der Waals surface area contributed by atoms with Crippen molar-refractivity contribution in [1.82, 2.24) is 14.9 Å². The van der Waals surface area contributed by atoms with Crippen LogP contribution in [0.1, 0.15) is 39.3 Å². The van der Waals surface area contributed by atoms with Crippen molar-refractivity contribution < 1.29 is 30.0 Å². The highest BCUT2D eigenvalue weighted by molar-refractivity contribution is 5.91. The lowest BCUT2D eigenvalue weighted by Gasteiger charge is -2.14. The van der Waals surface area contributed by atoms with Crippen LogP contribution in [0.3, 0.4) is 0 Å². The SMILES string of the molecule is [2H]C[C@H]1O[C@@H](n2cc(/C=C/C(=O)NCN)c(=O)[nH]c2=O)CC1OC(=O)CCC(=O)OC. The summed E-state index contributed by atoms with van der Waals surface area (Å²) >= 11 is 0. The maximum Gasteiger partial charge on any atom is 0.330 e. The van der Waals surface area contributed by atoms with Crippen molar-refractivity contribution in [2.75, 3.05) is 13.8 Å². The number of carbonyl (C=O) groups excluding carboxylic acids is 3. The van der Waals surface area contributed by atoms with E-state index in [-0.39, 0.29) is 38.4 Å². The number of nitrogens with zero attached hydrogens (tertiary/aromatic N) is 1. The van der Waals surface area contributed by atoms with Crippen LogP contribution >= 0.6 is 0 Å². The number of nitrogens with two attached hydrogens (primary N) is 1. The van der Waals surface area contributed by atoms with Gasteiger partial charge in [-0.25, -0.2) is 4.79 Å². The molecular formula is C18H24N4O8. The summed E-state index contributed by atoms with van der Waals surface area (Å²) < 4.78 is 24.1. The van der Waals surface area contributed by atoms with Crippen molar-refractivity contribution in [3.05, 3.63) is 38.7 Å². The molecule has 2 rings (SSSR count). The van der Waals surface area contributed by atoms with Crippen LogP contribution < -0.4 is 22.3 Å². The quantitative estimate of drug-likeness (QED) is 0.261. The Morgan fingerprint density at radius 1 is 1.40 bits per heavy atom. The zero-order valence-corrected chi connectivity index (χ0v) is 16.3. The molecule has 0 aromatic carbocycles. The molecule has 1 aromatic heterocycles. The molecule has 12 nitrogen and oxygen atoms in total. The fourth-order valence-electron chi connectivity index (χ4n) is 2.69. The Morgan fingerprint density at radius 2 is 2.13 bits per heavy atom. The third kappa shape index (κ3) is 6.12. The predicted octanol–water partition coefficient (Wildman–Crippen LogP) is -1.25. The summed E-state index contributed by atoms with van der Waals surface area (Å²) in [5, 5.41) is 2.32. The van der Waals surface area contributed by atoms with Gasteiger partial charge in [-0.3, -0.25) is 28.7 Å². The second kappa shape index (κ2) is 10.5. The molecule has 1 fully saturated rings. The number of rotatable bonds is 8. The van der Waals surface area contributed by atoms with Gasteiger partial charge in [0.15, 0.2) is 0 Å². The fraction of sp³-hybridized carbons (Fsp3) is 0.500. The lowest BCUT2D eigenvalue weighted by atomic mass is 10.2. The largest absolute Gasteiger partial charge is 0.469 e. The summed E-state index contributed by atoms with van der Waals surface area (Å²) in [6.07, 6.45) is 0.670. The first-order valence-electron chi connectivity index (χ1n) is 9.72. The Hall–Kier alpha value is -3.25. The number of esters is 2. The van der Waals surface area contributed by atoms with Crippen LogP contribution in [0.5, 0.6) is 0 Å². The molecule has 164 valence electrons. The monoisotopic (exact) mass is 425 g/mol. The number of carbonyl (C=O) groups is 3. The van der Waals surface area contributed by atoms with Gasteiger partial charge in [0.1, 0.15) is 12.3 Å². The first-order chi connectivity index (χ1) is 14.8. The number of nitrogens with one attached hydrogen (secondary N) is 2. The van der Waals surface area contributed by atoms with E-state index in [4.69, 9.17) is 16.6 Å². The van der Waals surface area contributed by atoms with Crippen molar-refractivity contribution in [2.24, 2.45) is 5.73 Å². The second-order valence-electron chi connectivity index (χ2n) is 6.30. The fourth-order valence-corrected chi connectivity index (χ4v) is 2.69. The summed E-state index contributed by atoms with van der Waals surface area (Å²) in [7, 11) is 1.20. The van der Waals surface area contributed by atoms with Gasteiger partial charge >= 0.3 is 17.6 Å². The van der Waals surface area contributed by atoms with Gasteiger partial charge in [-0.2, -0.15) is 0 Å². The molecule has 0 bridgehead atoms. The predicted molar refractivity (Wildman–Crippen MR) is 103 cm³/mol. The van der Waals surface area contributed by atoms with E-state index in [9.17, 15) is 24.0 Å². The van der Waals surface area contributed by atoms with Gasteiger partial charge < -0.3 is 25.3 Å². The Kier molecular flexibility index (Phi) is 7.51. The van der Waals surface area contributed by atoms with Gasteiger partial charge in [0, 0.05) is 20.1 Å². The van der Waals surface area contributed by atoms with Crippen LogP contribution in [0.2, 0.25) is 0 Å². The standard InChI is InChI=1S/C18H24N4O8/c1-10-12(30-16(25)6-5-15(24)28-2)7-14(29-10)22-8-11(17(26)21-18(22)27)3-4-13(23)20-9-19/h3-4,8,10,12,14H,5-7,9,19H2,1-2H3,(H,20,23)(H,21,26,27)/b4-3+/t10-,12?,14-/m1/s1/i1D. The normalized spacial score (nSPS) is 21.3. The van der Waals surface area contributed by atoms with E-state index in [1.807, 2.05) is 0 Å². The summed E-state index contributed by atoms with van der Waals surface area (Å²) in [4.78, 5) is 61.0. The van der Waals surface area contributed by atoms with Gasteiger partial charge in [-0.05, 0) is 13.0 Å². The Morgan fingerprint density at radius 3 is 2.80 bits per heavy atom. The van der Waals surface area contributed by atoms with Crippen molar-refractivity contribution in [3.8, 4) is 0 Å². The van der Waals surface area contributed by atoms with Crippen molar-refractivity contribution in [1.29, 1.82) is 0 Å². The highest BCUT2D eigenvalue weighted by Crippen LogP contribution is 2.30. The average Bonchev–Trinajstić information content (AvgIpc) is 3.13. The molecule has 1 amide bonds. The van der Waals surface area contributed by atoms with E-state index < -0.39 is 47.5 Å². The average molecular weight is 425 g/mol. The second-order valence-corrected chi connectivity index (χ2v) is 6.30. The number of hydrogen-bond donors (Lipinski definition) is 3. The zero-order chi connectivity index (χ0) is 23.0. The van der Waals surface area contributed by atoms with E-state index in [0.717, 1.165) is 10.6 Å². The molecule has 2 heterocycles. The van der Waals surface area contributed by atoms with Gasteiger partial charge in [0.05, 0.1) is 38.3 Å². The van der Waals surface area contributed by atoms with Crippen molar-refractivity contribution in [2.45, 2.75) is 44.6 Å². The lowest BCUT2D eigenvalue weighted by molar-refractivity contribution is -0.154. The number of methoxy groups -OCH3 is 1. The minimum Gasteiger partial charge on any atom is -0.469 e. The van der Waals surface area contributed by atoms with Crippen LogP contribution in [-0.4, -0.2) is 53.4 Å². The first kappa shape index (κ1) is 21.5. The van der Waals surface area contributed by atoms with Gasteiger partial charge in [0.2, 0.25) is 5.91 Å². The first-order valence-corrected chi connectivity index (χ1v) is 9.01. The van der Waals surface area contributed by atoms with E-state index in [1.54, 1.807) is 0 Å². The van der Waals surface area contributed by atoms with E-state index in [1.165, 1.54) is 19.4 Å². The molecule has 1 aliphatic rings. The van der Waals surface area contributed by atoms with Gasteiger partial charge in [-0.15, -0.1) is 0 Å². The number of ether oxygens (including phenoxy) is 3. The molecule has 12 heteroatoms. The van der Waals surface area contributed by atoms with Crippen LogP contribution in [0.4, 0.5) is 0 Å². The number of aromatic amines is 1. The molecular weight excluding hydrogens is 400 g/mol. The number of amides is 1. The van der Waals surface area contributed by atoms with E-state index in [0.29, 0.717) is 0 Å². The zero-order valence-electron chi connectivity index (χ0n) is 17.3. The highest BCUT2D eigenvalue weighted by atomic mass is 16.6. The number of aromatic nitrogens is 2. The summed E-state index contributed by atoms with van der Waals surface area (Å²) in [6, 6.07) is 0. The Balaban J connectivity index is 2.15. The Labute approximate surface area is 172 Å². The minimum absolute atomic E-state index is 0.0105. The van der Waals surface area contributed by atoms with Crippen molar-refractivity contribution in [3.63, 3.8) is 0 Å². The van der Waals surface area contributed by atoms with Gasteiger partial charge in [0.25, 0.3) is 5.56 Å². The van der Waals surface area contributed by atoms with Crippen LogP contribution in [0.25, 0.3) is 6.08 Å². The number of hydrogen-bond acceptors (Lipinski definition) is 9. The Bertz CT molecular complexity index is 957. The highest BCUT2D eigenvalue weighted by Gasteiger charge is 2.36. The third-order valence-electron chi connectivity index (χ3n) is 4.22. The topological polar surface area (TPSA) is 172 Å². The molecule has 1 aliphatic heterocycles. The summed E-state index contributed by atoms with van der Waals surface area (Å²) in [5.74, 6) is -1.75. The molecule has 1 saturated heterocycles. The molecule has 0 aliphatic carbocycles. The number of H-pyrrole nitrogens is 1. The van der Waals surface area contributed by atoms with E-state index >= 15 is 0 Å². The van der Waals surface area contributed by atoms with Gasteiger partial charge in [-0.1, -0.05) is 0 Å². The minimum atomic E-state index is -0.914. The van der Waals surface area contributed by atoms with E-state index in [2.05, 4.69) is 15.0 Å². The molecule has 0 saturated carbocycles. The lowest BCUT2D eigenvalue weighted by Crippen LogP contribution is -2.33. The smallest absolute Gasteiger partial charge is 0.330 e. The molecule has 4 N–H and O–H groups in total. The molecule has 1 aromatic rings. The van der Waals surface area contributed by atoms with Crippen molar-refractivity contribution >= 4 is 23.9 Å². The summed E-state index contributed by atoms with van der Waals surface area (Å²) in [6.45, 7) is -0.321. The molecule has 30 heavy (non-hydrogen) atoms.